The summed E-state index contributed by atoms with van der Waals surface area (Å²) in [5.41, 5.74) is 3.46. The number of ether oxygens (including phenoxy) is 3. The predicted molar refractivity (Wildman–Crippen MR) is 109 cm³/mol. The van der Waals surface area contributed by atoms with Crippen molar-refractivity contribution in [3.05, 3.63) is 47.5 Å². The van der Waals surface area contributed by atoms with Crippen LogP contribution in [0, 0.1) is 6.92 Å². The zero-order chi connectivity index (χ0) is 19.2. The Morgan fingerprint density at radius 2 is 1.63 bits per heavy atom. The Morgan fingerprint density at radius 1 is 0.889 bits per heavy atom. The molecule has 0 aromatic heterocycles. The van der Waals surface area contributed by atoms with E-state index in [0.29, 0.717) is 6.61 Å². The molecule has 146 valence electrons. The Kier molecular flexibility index (Phi) is 6.45. The van der Waals surface area contributed by atoms with Gasteiger partial charge in [0.05, 0.1) is 26.5 Å². The molecule has 0 radical (unpaired) electrons. The third-order valence-corrected chi connectivity index (χ3v) is 5.13. The molecule has 1 saturated heterocycles. The van der Waals surface area contributed by atoms with E-state index in [-0.39, 0.29) is 0 Å². The van der Waals surface area contributed by atoms with Crippen LogP contribution >= 0.6 is 0 Å². The lowest BCUT2D eigenvalue weighted by atomic mass is 10.1. The summed E-state index contributed by atoms with van der Waals surface area (Å²) in [5.74, 6) is 2.77. The van der Waals surface area contributed by atoms with Gasteiger partial charge in [0.2, 0.25) is 0 Å². The molecule has 0 unspecified atom stereocenters. The van der Waals surface area contributed by atoms with Gasteiger partial charge in [-0.3, -0.25) is 4.90 Å². The van der Waals surface area contributed by atoms with Crippen molar-refractivity contribution >= 4 is 5.69 Å². The van der Waals surface area contributed by atoms with E-state index in [4.69, 9.17) is 14.2 Å². The van der Waals surface area contributed by atoms with E-state index < -0.39 is 0 Å². The van der Waals surface area contributed by atoms with Crippen LogP contribution in [0.15, 0.2) is 36.4 Å². The number of hydrogen-bond acceptors (Lipinski definition) is 5. The second-order valence-corrected chi connectivity index (χ2v) is 6.75. The van der Waals surface area contributed by atoms with Crippen LogP contribution < -0.4 is 19.1 Å². The zero-order valence-corrected chi connectivity index (χ0v) is 16.8. The lowest BCUT2D eigenvalue weighted by molar-refractivity contribution is 0.244. The maximum atomic E-state index is 5.79. The molecule has 1 fully saturated rings. The number of nitrogens with zero attached hydrogens (tertiary/aromatic N) is 2. The molecule has 3 rings (SSSR count). The smallest absolute Gasteiger partial charge is 0.142 e. The van der Waals surface area contributed by atoms with Crippen LogP contribution in [0.4, 0.5) is 5.69 Å². The molecule has 1 heterocycles. The van der Waals surface area contributed by atoms with Gasteiger partial charge in [0.1, 0.15) is 17.2 Å². The molecule has 0 spiro atoms. The van der Waals surface area contributed by atoms with E-state index in [2.05, 4.69) is 34.1 Å². The van der Waals surface area contributed by atoms with Crippen LogP contribution in [0.2, 0.25) is 0 Å². The second kappa shape index (κ2) is 9.00. The summed E-state index contributed by atoms with van der Waals surface area (Å²) in [6, 6.07) is 12.5. The Balaban J connectivity index is 1.66. The summed E-state index contributed by atoms with van der Waals surface area (Å²) >= 11 is 0. The normalized spacial score (nSPS) is 14.9. The molecule has 27 heavy (non-hydrogen) atoms. The van der Waals surface area contributed by atoms with Gasteiger partial charge in [-0.1, -0.05) is 18.2 Å². The van der Waals surface area contributed by atoms with Crippen molar-refractivity contribution in [1.82, 2.24) is 4.90 Å². The first-order valence-corrected chi connectivity index (χ1v) is 9.57. The van der Waals surface area contributed by atoms with Crippen molar-refractivity contribution in [3.8, 4) is 17.2 Å². The van der Waals surface area contributed by atoms with E-state index in [9.17, 15) is 0 Å². The molecule has 1 aliphatic heterocycles. The topological polar surface area (TPSA) is 34.2 Å². The van der Waals surface area contributed by atoms with Crippen molar-refractivity contribution in [2.24, 2.45) is 0 Å². The van der Waals surface area contributed by atoms with Gasteiger partial charge in [0, 0.05) is 43.9 Å². The highest BCUT2D eigenvalue weighted by atomic mass is 16.5. The largest absolute Gasteiger partial charge is 0.496 e. The summed E-state index contributed by atoms with van der Waals surface area (Å²) in [7, 11) is 3.43. The van der Waals surface area contributed by atoms with Gasteiger partial charge in [-0.2, -0.15) is 0 Å². The summed E-state index contributed by atoms with van der Waals surface area (Å²) in [6.45, 7) is 9.64. The first-order chi connectivity index (χ1) is 13.2. The first kappa shape index (κ1) is 19.4. The van der Waals surface area contributed by atoms with Crippen LogP contribution in [0.3, 0.4) is 0 Å². The van der Waals surface area contributed by atoms with Gasteiger partial charge in [-0.15, -0.1) is 0 Å². The van der Waals surface area contributed by atoms with Crippen LogP contribution in [0.25, 0.3) is 0 Å². The van der Waals surface area contributed by atoms with E-state index in [1.54, 1.807) is 14.2 Å². The van der Waals surface area contributed by atoms with Crippen LogP contribution in [0.5, 0.6) is 17.2 Å². The van der Waals surface area contributed by atoms with Crippen molar-refractivity contribution in [2.75, 3.05) is 51.9 Å². The number of methoxy groups -OCH3 is 2. The van der Waals surface area contributed by atoms with Gasteiger partial charge in [-0.25, -0.2) is 0 Å². The molecule has 5 nitrogen and oxygen atoms in total. The molecule has 0 N–H and O–H groups in total. The predicted octanol–water partition coefficient (Wildman–Crippen LogP) is 3.73. The molecule has 0 atom stereocenters. The molecule has 0 saturated carbocycles. The summed E-state index contributed by atoms with van der Waals surface area (Å²) in [6.07, 6.45) is 0. The van der Waals surface area contributed by atoms with E-state index in [0.717, 1.165) is 55.5 Å². The number of anilines is 1. The lowest BCUT2D eigenvalue weighted by Crippen LogP contribution is -2.46. The molecule has 2 aromatic carbocycles. The monoisotopic (exact) mass is 370 g/mol. The van der Waals surface area contributed by atoms with Gasteiger partial charge in [-0.05, 0) is 32.0 Å². The molecule has 0 bridgehead atoms. The quantitative estimate of drug-likeness (QED) is 0.742. The molecule has 0 amide bonds. The number of rotatable bonds is 7. The fourth-order valence-corrected chi connectivity index (χ4v) is 3.74. The number of benzene rings is 2. The van der Waals surface area contributed by atoms with Crippen molar-refractivity contribution in [2.45, 2.75) is 20.4 Å². The SMILES string of the molecule is CCOc1ccccc1N1CCN(Cc2ccc(OC)c(C)c2OC)CC1. The second-order valence-electron chi connectivity index (χ2n) is 6.75. The molecular weight excluding hydrogens is 340 g/mol. The minimum atomic E-state index is 0.688. The zero-order valence-electron chi connectivity index (χ0n) is 16.8. The minimum absolute atomic E-state index is 0.688. The Bertz CT molecular complexity index is 755. The van der Waals surface area contributed by atoms with Crippen LogP contribution in [-0.2, 0) is 6.54 Å². The first-order valence-electron chi connectivity index (χ1n) is 9.57. The van der Waals surface area contributed by atoms with Crippen molar-refractivity contribution in [1.29, 1.82) is 0 Å². The number of hydrogen-bond donors (Lipinski definition) is 0. The van der Waals surface area contributed by atoms with Gasteiger partial charge in [0.15, 0.2) is 0 Å². The Morgan fingerprint density at radius 3 is 2.30 bits per heavy atom. The van der Waals surface area contributed by atoms with E-state index >= 15 is 0 Å². The van der Waals surface area contributed by atoms with E-state index in [1.807, 2.05) is 26.0 Å². The number of para-hydroxylation sites is 2. The molecule has 1 aliphatic rings. The highest BCUT2D eigenvalue weighted by Gasteiger charge is 2.21. The maximum absolute atomic E-state index is 5.79. The third kappa shape index (κ3) is 4.30. The maximum Gasteiger partial charge on any atom is 0.142 e. The summed E-state index contributed by atoms with van der Waals surface area (Å²) in [5, 5.41) is 0. The lowest BCUT2D eigenvalue weighted by Gasteiger charge is -2.37. The Labute approximate surface area is 162 Å². The standard InChI is InChI=1S/C22H30N2O3/c1-5-27-21-9-7-6-8-19(21)24-14-12-23(13-15-24)16-18-10-11-20(25-3)17(2)22(18)26-4/h6-11H,5,12-16H2,1-4H3. The van der Waals surface area contributed by atoms with Gasteiger partial charge in [0.25, 0.3) is 0 Å². The highest BCUT2D eigenvalue weighted by Crippen LogP contribution is 2.33. The van der Waals surface area contributed by atoms with E-state index in [1.165, 1.54) is 11.3 Å². The van der Waals surface area contributed by atoms with Crippen LogP contribution in [0.1, 0.15) is 18.1 Å². The third-order valence-electron chi connectivity index (χ3n) is 5.13. The van der Waals surface area contributed by atoms with Crippen molar-refractivity contribution < 1.29 is 14.2 Å². The number of piperazine rings is 1. The molecule has 2 aromatic rings. The summed E-state index contributed by atoms with van der Waals surface area (Å²) < 4.78 is 16.9. The average molecular weight is 370 g/mol. The average Bonchev–Trinajstić information content (AvgIpc) is 2.70. The highest BCUT2D eigenvalue weighted by molar-refractivity contribution is 5.58. The molecular formula is C22H30N2O3. The fraction of sp³-hybridized carbons (Fsp3) is 0.455. The minimum Gasteiger partial charge on any atom is -0.496 e. The molecule has 5 heteroatoms. The molecule has 0 aliphatic carbocycles. The van der Waals surface area contributed by atoms with Crippen LogP contribution in [-0.4, -0.2) is 51.9 Å². The summed E-state index contributed by atoms with van der Waals surface area (Å²) in [4.78, 5) is 4.89. The fourth-order valence-electron chi connectivity index (χ4n) is 3.74. The Hall–Kier alpha value is -2.40. The van der Waals surface area contributed by atoms with Gasteiger partial charge >= 0.3 is 0 Å². The van der Waals surface area contributed by atoms with Crippen molar-refractivity contribution in [3.63, 3.8) is 0 Å². The van der Waals surface area contributed by atoms with Gasteiger partial charge < -0.3 is 19.1 Å².